The van der Waals surface area contributed by atoms with Crippen molar-refractivity contribution in [1.82, 2.24) is 15.0 Å². The van der Waals surface area contributed by atoms with Crippen molar-refractivity contribution in [2.75, 3.05) is 13.7 Å². The number of carbonyl (C=O) groups excluding carboxylic acids is 3. The van der Waals surface area contributed by atoms with E-state index in [1.807, 2.05) is 29.0 Å². The highest BCUT2D eigenvalue weighted by Gasteiger charge is 2.22. The van der Waals surface area contributed by atoms with Crippen molar-refractivity contribution in [2.24, 2.45) is 0 Å². The number of unbranched alkanes of at least 4 members (excludes halogenated alkanes) is 4. The molecule has 2 amide bonds. The fourth-order valence-electron chi connectivity index (χ4n) is 4.18. The molecule has 0 bridgehead atoms. The van der Waals surface area contributed by atoms with Gasteiger partial charge in [-0.15, -0.1) is 0 Å². The molecule has 10 nitrogen and oxygen atoms in total. The Morgan fingerprint density at radius 2 is 1.59 bits per heavy atom. The van der Waals surface area contributed by atoms with E-state index in [-0.39, 0.29) is 27.6 Å². The van der Waals surface area contributed by atoms with Crippen molar-refractivity contribution in [2.45, 2.75) is 56.8 Å². The third-order valence-corrected chi connectivity index (χ3v) is 7.85. The Morgan fingerprint density at radius 3 is 2.22 bits per heavy atom. The van der Waals surface area contributed by atoms with Gasteiger partial charge in [0.2, 0.25) is 0 Å². The first-order chi connectivity index (χ1) is 19.6. The first kappa shape index (κ1) is 31.3. The van der Waals surface area contributed by atoms with E-state index in [0.29, 0.717) is 31.4 Å². The van der Waals surface area contributed by atoms with Gasteiger partial charge in [0.1, 0.15) is 5.75 Å². The van der Waals surface area contributed by atoms with Gasteiger partial charge in [0, 0.05) is 18.3 Å². The van der Waals surface area contributed by atoms with Crippen LogP contribution in [0.5, 0.6) is 5.75 Å². The number of aromatic carboxylic acids is 1. The largest absolute Gasteiger partial charge is 0.543 e. The number of carbonyl (C=O) groups is 3. The molecule has 0 saturated heterocycles. The number of carboxylic acid groups (broad SMARTS) is 1. The second kappa shape index (κ2) is 14.9. The van der Waals surface area contributed by atoms with Crippen molar-refractivity contribution in [3.8, 4) is 5.75 Å². The standard InChI is InChI=1S/C30H35N3O7S/c1-3-4-5-6-7-8-23-19-27(30(36)37)32-20-26(23)29(35)33-41(38,39)25-15-11-22(12-16-25)28(34)31-18-17-21-9-13-24(40-2)14-10-21/h9-16,19-20H,3-8,17-18H2,1-2H3,(H,31,34)(H,33,35)(H,36,37)/p-1. The third kappa shape index (κ3) is 9.14. The van der Waals surface area contributed by atoms with E-state index in [2.05, 4.69) is 17.2 Å². The highest BCUT2D eigenvalue weighted by Crippen LogP contribution is 2.17. The van der Waals surface area contributed by atoms with Gasteiger partial charge in [-0.05, 0) is 72.9 Å². The quantitative estimate of drug-likeness (QED) is 0.260. The molecule has 0 unspecified atom stereocenters. The van der Waals surface area contributed by atoms with Crippen molar-refractivity contribution in [3.05, 3.63) is 88.7 Å². The summed E-state index contributed by atoms with van der Waals surface area (Å²) >= 11 is 0. The lowest BCUT2D eigenvalue weighted by Crippen LogP contribution is -2.32. The fourth-order valence-corrected chi connectivity index (χ4v) is 5.14. The molecule has 0 saturated carbocycles. The molecular formula is C30H34N3O7S-. The summed E-state index contributed by atoms with van der Waals surface area (Å²) in [4.78, 5) is 40.3. The first-order valence-electron chi connectivity index (χ1n) is 13.4. The van der Waals surface area contributed by atoms with Gasteiger partial charge >= 0.3 is 0 Å². The van der Waals surface area contributed by atoms with E-state index in [4.69, 9.17) is 4.74 Å². The molecule has 1 heterocycles. The number of carboxylic acids is 1. The number of sulfonamides is 1. The minimum absolute atomic E-state index is 0.0260. The zero-order valence-electron chi connectivity index (χ0n) is 23.1. The number of aromatic nitrogens is 1. The lowest BCUT2D eigenvalue weighted by atomic mass is 10.0. The number of amides is 2. The average Bonchev–Trinajstić information content (AvgIpc) is 2.97. The second-order valence-corrected chi connectivity index (χ2v) is 11.2. The van der Waals surface area contributed by atoms with Gasteiger partial charge in [-0.2, -0.15) is 0 Å². The zero-order valence-corrected chi connectivity index (χ0v) is 24.0. The number of hydrogen-bond acceptors (Lipinski definition) is 8. The predicted octanol–water partition coefficient (Wildman–Crippen LogP) is 3.06. The average molecular weight is 581 g/mol. The van der Waals surface area contributed by atoms with Gasteiger partial charge in [-0.25, -0.2) is 13.1 Å². The Bertz CT molecular complexity index is 1450. The van der Waals surface area contributed by atoms with Crippen LogP contribution in [0.4, 0.5) is 0 Å². The third-order valence-electron chi connectivity index (χ3n) is 6.51. The summed E-state index contributed by atoms with van der Waals surface area (Å²) < 4.78 is 33.0. The molecule has 3 aromatic rings. The van der Waals surface area contributed by atoms with Gasteiger partial charge in [-0.3, -0.25) is 14.6 Å². The van der Waals surface area contributed by atoms with Crippen LogP contribution in [0.3, 0.4) is 0 Å². The number of hydrogen-bond donors (Lipinski definition) is 2. The molecular weight excluding hydrogens is 546 g/mol. The summed E-state index contributed by atoms with van der Waals surface area (Å²) in [7, 11) is -2.70. The normalized spacial score (nSPS) is 11.1. The van der Waals surface area contributed by atoms with E-state index in [0.717, 1.165) is 43.2 Å². The van der Waals surface area contributed by atoms with Gasteiger partial charge < -0.3 is 20.0 Å². The van der Waals surface area contributed by atoms with Crippen LogP contribution < -0.4 is 19.9 Å². The Morgan fingerprint density at radius 1 is 0.902 bits per heavy atom. The summed E-state index contributed by atoms with van der Waals surface area (Å²) in [6, 6.07) is 13.9. The van der Waals surface area contributed by atoms with Crippen LogP contribution in [-0.4, -0.2) is 44.8 Å². The smallest absolute Gasteiger partial charge is 0.266 e. The molecule has 41 heavy (non-hydrogen) atoms. The number of nitrogens with one attached hydrogen (secondary N) is 2. The minimum atomic E-state index is -4.28. The van der Waals surface area contributed by atoms with Crippen LogP contribution in [0.25, 0.3) is 0 Å². The number of pyridine rings is 1. The van der Waals surface area contributed by atoms with Crippen LogP contribution in [0, 0.1) is 0 Å². The van der Waals surface area contributed by atoms with E-state index in [1.54, 1.807) is 7.11 Å². The maximum Gasteiger partial charge on any atom is 0.266 e. The molecule has 0 fully saturated rings. The lowest BCUT2D eigenvalue weighted by molar-refractivity contribution is -0.255. The summed E-state index contributed by atoms with van der Waals surface area (Å²) in [5.41, 5.74) is 1.31. The molecule has 0 aliphatic rings. The summed E-state index contributed by atoms with van der Waals surface area (Å²) in [5.74, 6) is -2.03. The lowest BCUT2D eigenvalue weighted by Gasteiger charge is -2.13. The van der Waals surface area contributed by atoms with Gasteiger partial charge in [-0.1, -0.05) is 44.7 Å². The maximum atomic E-state index is 13.0. The Hall–Kier alpha value is -4.25. The number of ether oxygens (including phenoxy) is 1. The molecule has 3 rings (SSSR count). The van der Waals surface area contributed by atoms with E-state index in [1.165, 1.54) is 30.3 Å². The van der Waals surface area contributed by atoms with Gasteiger partial charge in [0.05, 0.1) is 29.2 Å². The van der Waals surface area contributed by atoms with Crippen LogP contribution in [-0.2, 0) is 22.9 Å². The Kier molecular flexibility index (Phi) is 11.4. The highest BCUT2D eigenvalue weighted by molar-refractivity contribution is 7.90. The second-order valence-electron chi connectivity index (χ2n) is 9.49. The SMILES string of the molecule is CCCCCCCc1cc(C(=O)[O-])ncc1C(=O)NS(=O)(=O)c1ccc(C(=O)NCCc2ccc(OC)cc2)cc1. The molecule has 218 valence electrons. The Labute approximate surface area is 240 Å². The van der Waals surface area contributed by atoms with Crippen LogP contribution in [0.1, 0.15) is 81.4 Å². The van der Waals surface area contributed by atoms with E-state index >= 15 is 0 Å². The van der Waals surface area contributed by atoms with Gasteiger partial charge in [0.25, 0.3) is 21.8 Å². The zero-order chi connectivity index (χ0) is 29.8. The maximum absolute atomic E-state index is 13.0. The molecule has 1 aromatic heterocycles. The predicted molar refractivity (Wildman–Crippen MR) is 151 cm³/mol. The molecule has 2 aromatic carbocycles. The molecule has 0 atom stereocenters. The van der Waals surface area contributed by atoms with E-state index in [9.17, 15) is 27.9 Å². The molecule has 2 N–H and O–H groups in total. The van der Waals surface area contributed by atoms with Crippen molar-refractivity contribution in [3.63, 3.8) is 0 Å². The molecule has 0 spiro atoms. The number of rotatable bonds is 15. The van der Waals surface area contributed by atoms with Gasteiger partial charge in [0.15, 0.2) is 0 Å². The van der Waals surface area contributed by atoms with Crippen LogP contribution >= 0.6 is 0 Å². The summed E-state index contributed by atoms with van der Waals surface area (Å²) in [6.45, 7) is 2.47. The number of nitrogens with zero attached hydrogens (tertiary/aromatic N) is 1. The molecule has 0 aliphatic heterocycles. The monoisotopic (exact) mass is 580 g/mol. The summed E-state index contributed by atoms with van der Waals surface area (Å²) in [5, 5.41) is 14.1. The summed E-state index contributed by atoms with van der Waals surface area (Å²) in [6.07, 6.45) is 6.76. The van der Waals surface area contributed by atoms with Crippen molar-refractivity contribution >= 4 is 27.8 Å². The minimum Gasteiger partial charge on any atom is -0.543 e. The first-order valence-corrected chi connectivity index (χ1v) is 14.9. The molecule has 0 aliphatic carbocycles. The fraction of sp³-hybridized carbons (Fsp3) is 0.333. The number of aryl methyl sites for hydroxylation is 1. The molecule has 0 radical (unpaired) electrons. The molecule has 11 heteroatoms. The highest BCUT2D eigenvalue weighted by atomic mass is 32.2. The Balaban J connectivity index is 1.63. The van der Waals surface area contributed by atoms with Crippen molar-refractivity contribution < 1.29 is 32.6 Å². The number of methoxy groups -OCH3 is 1. The number of benzene rings is 2. The van der Waals surface area contributed by atoms with Crippen LogP contribution in [0.15, 0.2) is 65.7 Å². The van der Waals surface area contributed by atoms with Crippen molar-refractivity contribution in [1.29, 1.82) is 0 Å². The topological polar surface area (TPSA) is 155 Å². The van der Waals surface area contributed by atoms with E-state index < -0.39 is 21.9 Å². The van der Waals surface area contributed by atoms with Crippen LogP contribution in [0.2, 0.25) is 0 Å².